The van der Waals surface area contributed by atoms with Gasteiger partial charge in [-0.15, -0.1) is 52.7 Å². The van der Waals surface area contributed by atoms with Gasteiger partial charge in [-0.05, 0) is 111 Å². The average molecular weight is 1300 g/mol. The van der Waals surface area contributed by atoms with Gasteiger partial charge in [0.05, 0.1) is 24.9 Å². The van der Waals surface area contributed by atoms with Crippen molar-refractivity contribution < 1.29 is 78.2 Å². The topological polar surface area (TPSA) is 341 Å². The normalized spacial score (nSPS) is 34.9. The van der Waals surface area contributed by atoms with Gasteiger partial charge in [-0.3, -0.25) is 0 Å². The molecule has 24 nitrogen and oxygen atoms in total. The van der Waals surface area contributed by atoms with Gasteiger partial charge in [-0.2, -0.15) is 0 Å². The number of aliphatic hydroxyl groups is 6. The molecule has 2 bridgehead atoms. The summed E-state index contributed by atoms with van der Waals surface area (Å²) in [7, 11) is 1.54. The fourth-order valence-electron chi connectivity index (χ4n) is 11.0. The van der Waals surface area contributed by atoms with Crippen LogP contribution in [0.5, 0.6) is 0 Å². The number of hydrogen-bond donors (Lipinski definition) is 14. The molecule has 0 spiro atoms. The van der Waals surface area contributed by atoms with Crippen LogP contribution in [0.3, 0.4) is 0 Å². The van der Waals surface area contributed by atoms with Crippen LogP contribution in [0.1, 0.15) is 32.6 Å². The minimum atomic E-state index is -1.45. The van der Waals surface area contributed by atoms with Crippen molar-refractivity contribution in [1.82, 2.24) is 42.5 Å². The Morgan fingerprint density at radius 3 is 1.32 bits per heavy atom. The molecule has 9 aliphatic rings. The molecule has 9 rings (SSSR count). The maximum Gasteiger partial charge on any atom is 0.323 e. The first-order valence-corrected chi connectivity index (χ1v) is 40.9. The van der Waals surface area contributed by atoms with Crippen molar-refractivity contribution in [2.75, 3.05) is 91.7 Å². The Kier molecular flexibility index (Phi) is 23.5. The molecule has 28 heteroatoms. The fraction of sp³-hybridized carbons (Fsp3) is 0.593. The van der Waals surface area contributed by atoms with Crippen molar-refractivity contribution in [3.63, 3.8) is 0 Å². The maximum atomic E-state index is 11.3. The van der Waals surface area contributed by atoms with E-state index in [-0.39, 0.29) is 30.2 Å². The van der Waals surface area contributed by atoms with E-state index >= 15 is 0 Å². The Morgan fingerprint density at radius 1 is 0.529 bits per heavy atom. The fourth-order valence-corrected chi connectivity index (χ4v) is 14.8. The summed E-state index contributed by atoms with van der Waals surface area (Å²) in [5.41, 5.74) is 2.06. The van der Waals surface area contributed by atoms with E-state index in [9.17, 15) is 49.8 Å². The van der Waals surface area contributed by atoms with Crippen LogP contribution < -0.4 is 42.5 Å². The molecule has 87 heavy (non-hydrogen) atoms. The van der Waals surface area contributed by atoms with Crippen molar-refractivity contribution >= 4 is 76.9 Å². The molecular weight excluding hydrogens is 1200 g/mol. The van der Waals surface area contributed by atoms with E-state index in [1.165, 1.54) is 19.3 Å². The van der Waals surface area contributed by atoms with Gasteiger partial charge in [-0.1, -0.05) is 26.3 Å². The van der Waals surface area contributed by atoms with Crippen LogP contribution in [0.4, 0.5) is 19.2 Å². The molecule has 0 aromatic heterocycles. The summed E-state index contributed by atoms with van der Waals surface area (Å²) >= 11 is 0. The lowest BCUT2D eigenvalue weighted by Gasteiger charge is -2.34. The zero-order chi connectivity index (χ0) is 65.1. The summed E-state index contributed by atoms with van der Waals surface area (Å²) in [6, 6.07) is -1.41. The molecule has 0 aliphatic carbocycles. The summed E-state index contributed by atoms with van der Waals surface area (Å²) in [5, 5.41) is 82.9. The Bertz CT molecular complexity index is 2970. The third kappa shape index (κ3) is 18.5. The number of fused-ring (bicyclic) bond motifs is 2. The Morgan fingerprint density at radius 2 is 0.908 bits per heavy atom. The van der Waals surface area contributed by atoms with Gasteiger partial charge in [0.15, 0.2) is 0 Å². The molecule has 488 valence electrons. The minimum absolute atomic E-state index is 0.303. The van der Waals surface area contributed by atoms with E-state index in [1.54, 1.807) is 19.5 Å². The SMILES string of the molecule is C=C1NC(=O)NC=C1C1O[C@@]2(CCP(=C)(C)C)CO[C@@H]1[C@@H]2O.C=C1NC(=O)NC=C1C1O[C@H](CCP(=C)(C)C)[C@@H](O)[C@@]1(C)O.C=C1NC(=O)NC=C1C1O[C@H](CCP(=C)(C)C)[C@@H](O)[C@H]1O.C=C1NC(=O)NC=C1C1O[C@H](CCP(=C)(C)C)[C@@H](O)[C@H]1OC. The zero-order valence-corrected chi connectivity index (χ0v) is 55.5. The predicted octanol–water partition coefficient (Wildman–Crippen LogP) is 2.59. The predicted molar refractivity (Wildman–Crippen MR) is 352 cm³/mol. The summed E-state index contributed by atoms with van der Waals surface area (Å²) in [6.07, 6.45) is 20.3. The molecule has 14 N–H and O–H groups in total. The Hall–Kier alpha value is -4.28. The van der Waals surface area contributed by atoms with Gasteiger partial charge in [0.2, 0.25) is 0 Å². The van der Waals surface area contributed by atoms with Crippen LogP contribution >= 0.6 is 27.5 Å². The number of hydrogen-bond acceptors (Lipinski definition) is 16. The van der Waals surface area contributed by atoms with E-state index in [1.807, 2.05) is 0 Å². The van der Waals surface area contributed by atoms with Crippen LogP contribution in [-0.2, 0) is 28.4 Å². The summed E-state index contributed by atoms with van der Waals surface area (Å²) in [5.74, 6) is 0. The minimum Gasteiger partial charge on any atom is -0.388 e. The maximum absolute atomic E-state index is 11.3. The number of rotatable bonds is 17. The van der Waals surface area contributed by atoms with E-state index in [0.717, 1.165) is 37.5 Å². The van der Waals surface area contributed by atoms with Gasteiger partial charge in [-0.25, -0.2) is 19.2 Å². The van der Waals surface area contributed by atoms with Crippen molar-refractivity contribution in [2.24, 2.45) is 0 Å². The first-order valence-electron chi connectivity index (χ1n) is 28.6. The highest BCUT2D eigenvalue weighted by molar-refractivity contribution is 7.73. The molecular formula is C59H96N8O16P4. The van der Waals surface area contributed by atoms with Crippen LogP contribution in [0.2, 0.25) is 0 Å². The monoisotopic (exact) mass is 1300 g/mol. The number of ether oxygens (including phenoxy) is 6. The highest BCUT2D eigenvalue weighted by Crippen LogP contribution is 2.49. The molecule has 4 unspecified atom stereocenters. The summed E-state index contributed by atoms with van der Waals surface area (Å²) < 4.78 is 35.1. The third-order valence-corrected chi connectivity index (χ3v) is 21.9. The molecule has 16 atom stereocenters. The molecule has 0 radical (unpaired) electrons. The molecule has 8 amide bonds. The Balaban J connectivity index is 0.000000185. The largest absolute Gasteiger partial charge is 0.388 e. The van der Waals surface area contributed by atoms with Crippen molar-refractivity contribution in [2.45, 2.75) is 129 Å². The lowest BCUT2D eigenvalue weighted by atomic mass is 9.87. The van der Waals surface area contributed by atoms with E-state index in [0.29, 0.717) is 64.5 Å². The number of carbonyl (C=O) groups excluding carboxylic acids is 4. The summed E-state index contributed by atoms with van der Waals surface area (Å²) in [6.45, 7) is 29.4. The lowest BCUT2D eigenvalue weighted by Crippen LogP contribution is -2.49. The molecule has 5 fully saturated rings. The number of aliphatic hydroxyl groups excluding tert-OH is 5. The number of methoxy groups -OCH3 is 1. The molecule has 9 aliphatic heterocycles. The Labute approximate surface area is 512 Å². The second-order valence-corrected chi connectivity index (χ2v) is 43.6. The first kappa shape index (κ1) is 71.8. The number of carbonyl (C=O) groups is 4. The quantitative estimate of drug-likeness (QED) is 0.0931. The molecule has 0 aromatic carbocycles. The van der Waals surface area contributed by atoms with E-state index < -0.39 is 118 Å². The smallest absolute Gasteiger partial charge is 0.323 e. The van der Waals surface area contributed by atoms with Gasteiger partial charge >= 0.3 is 24.1 Å². The highest BCUT2D eigenvalue weighted by atomic mass is 31.2. The second-order valence-electron chi connectivity index (χ2n) is 26.4. The number of urea groups is 4. The van der Waals surface area contributed by atoms with E-state index in [4.69, 9.17) is 28.4 Å². The standard InChI is InChI=1S/C15H23N2O4P.2C15H25N2O4P.C14H23N2O4P/c1-9-10(7-16-14(19)17-9)11-12-13(18)15(21-11,8-20-12)5-6-22(2,3)4;1-9-10(8-16-14(19)17-9)13-15(2,20)12(18)11(21-13)6-7-22(3,4)5;1-9-10(8-16-15(19)17-9)13-14(20-2)12(18)11(21-13)6-7-22(3,4)5;1-8-9(7-15-14(19)16-8)13-12(18)11(17)10(20-13)5-6-21(2,3)4/h7,11-13,18H,1-2,5-6,8H2,3-4H3,(H2,16,17,19);8,11-13,18,20H,1,3,6-7H2,2,4-5H3,(H2,16,17,19);8,11-14,18H,1,3,6-7H2,2,4-5H3,(H2,16,17,19);7,10-13,17-18H,1-2,5-6H2,3-4H3,(H2,15,16,19)/t11?,12-,13-,15-;11-,12-,13?,15-;11-,12-,13?,14-;10-,11-,12-,13?/m0111/s1. The number of amides is 8. The lowest BCUT2D eigenvalue weighted by molar-refractivity contribution is -0.132. The second kappa shape index (κ2) is 28.5. The zero-order valence-electron chi connectivity index (χ0n) is 52.0. The van der Waals surface area contributed by atoms with Gasteiger partial charge < -0.3 is 102 Å². The molecule has 0 aromatic rings. The van der Waals surface area contributed by atoms with Gasteiger partial charge in [0.25, 0.3) is 0 Å². The molecule has 0 saturated carbocycles. The van der Waals surface area contributed by atoms with Gasteiger partial charge in [0, 0.05) is 77.0 Å². The van der Waals surface area contributed by atoms with Gasteiger partial charge in [0.1, 0.15) is 78.3 Å². The van der Waals surface area contributed by atoms with Crippen LogP contribution in [0, 0.1) is 0 Å². The van der Waals surface area contributed by atoms with Crippen molar-refractivity contribution in [1.29, 1.82) is 0 Å². The van der Waals surface area contributed by atoms with Crippen molar-refractivity contribution in [3.05, 3.63) is 96.2 Å². The number of nitrogens with one attached hydrogen (secondary N) is 8. The average Bonchev–Trinajstić information content (AvgIpc) is 1.65. The first-order chi connectivity index (χ1) is 40.2. The highest BCUT2D eigenvalue weighted by Gasteiger charge is 2.62. The van der Waals surface area contributed by atoms with Crippen LogP contribution in [-0.4, -0.2) is 268 Å². The van der Waals surface area contributed by atoms with Crippen LogP contribution in [0.25, 0.3) is 0 Å². The third-order valence-electron chi connectivity index (χ3n) is 16.1. The van der Waals surface area contributed by atoms with Crippen molar-refractivity contribution in [3.8, 4) is 0 Å². The van der Waals surface area contributed by atoms with E-state index in [2.05, 4.69) is 147 Å². The summed E-state index contributed by atoms with van der Waals surface area (Å²) in [4.78, 5) is 45.0. The van der Waals surface area contributed by atoms with Crippen LogP contribution in [0.15, 0.2) is 96.2 Å². The molecule has 9 heterocycles. The molecule has 5 saturated heterocycles.